The molecule has 16 heavy (non-hydrogen) atoms. The first-order chi connectivity index (χ1) is 7.61. The largest absolute Gasteiger partial charge is 0.393 e. The van der Waals surface area contributed by atoms with E-state index in [1.54, 1.807) is 6.92 Å². The molecule has 1 fully saturated rings. The summed E-state index contributed by atoms with van der Waals surface area (Å²) in [5.41, 5.74) is 0. The van der Waals surface area contributed by atoms with E-state index in [0.29, 0.717) is 31.4 Å². The molecule has 1 amide bonds. The van der Waals surface area contributed by atoms with Gasteiger partial charge in [0.15, 0.2) is 0 Å². The maximum atomic E-state index is 11.5. The topological polar surface area (TPSA) is 58.6 Å². The lowest BCUT2D eigenvalue weighted by Gasteiger charge is -2.34. The van der Waals surface area contributed by atoms with Crippen molar-refractivity contribution in [1.29, 1.82) is 0 Å². The molecule has 1 saturated carbocycles. The molecule has 0 aromatic rings. The van der Waals surface area contributed by atoms with Gasteiger partial charge in [0.2, 0.25) is 5.91 Å². The number of ether oxygens (including phenoxy) is 1. The van der Waals surface area contributed by atoms with Gasteiger partial charge in [0.05, 0.1) is 12.2 Å². The molecule has 1 aliphatic carbocycles. The SMILES string of the molecule is CCOC1CC(CC(=O)NCCC(C)O)C1. The van der Waals surface area contributed by atoms with Crippen LogP contribution in [-0.4, -0.2) is 36.4 Å². The highest BCUT2D eigenvalue weighted by molar-refractivity contribution is 5.76. The Morgan fingerprint density at radius 2 is 2.25 bits per heavy atom. The molecule has 0 saturated heterocycles. The summed E-state index contributed by atoms with van der Waals surface area (Å²) in [4.78, 5) is 11.5. The van der Waals surface area contributed by atoms with E-state index in [-0.39, 0.29) is 12.0 Å². The Bertz CT molecular complexity index is 212. The van der Waals surface area contributed by atoms with Gasteiger partial charge in [-0.2, -0.15) is 0 Å². The highest BCUT2D eigenvalue weighted by Crippen LogP contribution is 2.32. The Hall–Kier alpha value is -0.610. The van der Waals surface area contributed by atoms with Crippen LogP contribution in [0.2, 0.25) is 0 Å². The summed E-state index contributed by atoms with van der Waals surface area (Å²) in [5, 5.41) is 11.9. The first-order valence-corrected chi connectivity index (χ1v) is 6.18. The normalized spacial score (nSPS) is 25.9. The third-order valence-electron chi connectivity index (χ3n) is 2.95. The first kappa shape index (κ1) is 13.5. The van der Waals surface area contributed by atoms with Crippen LogP contribution in [0, 0.1) is 5.92 Å². The fourth-order valence-corrected chi connectivity index (χ4v) is 1.97. The van der Waals surface area contributed by atoms with Gasteiger partial charge in [0.25, 0.3) is 0 Å². The van der Waals surface area contributed by atoms with Gasteiger partial charge < -0.3 is 15.2 Å². The van der Waals surface area contributed by atoms with E-state index >= 15 is 0 Å². The van der Waals surface area contributed by atoms with Crippen molar-refractivity contribution in [2.75, 3.05) is 13.2 Å². The second-order valence-electron chi connectivity index (χ2n) is 4.61. The number of hydrogen-bond acceptors (Lipinski definition) is 3. The average Bonchev–Trinajstić information content (AvgIpc) is 2.14. The summed E-state index contributed by atoms with van der Waals surface area (Å²) < 4.78 is 5.44. The highest BCUT2D eigenvalue weighted by atomic mass is 16.5. The summed E-state index contributed by atoms with van der Waals surface area (Å²) in [6.45, 7) is 5.05. The number of aliphatic hydroxyl groups excluding tert-OH is 1. The van der Waals surface area contributed by atoms with Gasteiger partial charge in [-0.15, -0.1) is 0 Å². The Morgan fingerprint density at radius 1 is 1.56 bits per heavy atom. The third-order valence-corrected chi connectivity index (χ3v) is 2.95. The predicted molar refractivity (Wildman–Crippen MR) is 62.1 cm³/mol. The fourth-order valence-electron chi connectivity index (χ4n) is 1.97. The zero-order valence-electron chi connectivity index (χ0n) is 10.2. The maximum Gasteiger partial charge on any atom is 0.220 e. The van der Waals surface area contributed by atoms with Gasteiger partial charge in [0.1, 0.15) is 0 Å². The van der Waals surface area contributed by atoms with E-state index in [1.807, 2.05) is 6.92 Å². The van der Waals surface area contributed by atoms with Crippen LogP contribution < -0.4 is 5.32 Å². The first-order valence-electron chi connectivity index (χ1n) is 6.18. The predicted octanol–water partition coefficient (Wildman–Crippen LogP) is 1.08. The molecule has 0 aromatic heterocycles. The fraction of sp³-hybridized carbons (Fsp3) is 0.917. The Balaban J connectivity index is 1.99. The molecule has 0 heterocycles. The van der Waals surface area contributed by atoms with Crippen LogP contribution in [0.15, 0.2) is 0 Å². The number of hydrogen-bond donors (Lipinski definition) is 2. The molecule has 4 heteroatoms. The van der Waals surface area contributed by atoms with Crippen molar-refractivity contribution in [2.45, 2.75) is 51.7 Å². The Morgan fingerprint density at radius 3 is 2.81 bits per heavy atom. The second kappa shape index (κ2) is 6.86. The number of amides is 1. The molecular formula is C12H23NO3. The number of rotatable bonds is 7. The van der Waals surface area contributed by atoms with Crippen molar-refractivity contribution in [2.24, 2.45) is 5.92 Å². The average molecular weight is 229 g/mol. The lowest BCUT2D eigenvalue weighted by atomic mass is 9.80. The minimum atomic E-state index is -0.341. The van der Waals surface area contributed by atoms with E-state index in [1.165, 1.54) is 0 Å². The summed E-state index contributed by atoms with van der Waals surface area (Å²) in [5.74, 6) is 0.587. The quantitative estimate of drug-likeness (QED) is 0.687. The molecule has 0 aromatic carbocycles. The molecule has 94 valence electrons. The van der Waals surface area contributed by atoms with Crippen molar-refractivity contribution in [3.63, 3.8) is 0 Å². The summed E-state index contributed by atoms with van der Waals surface area (Å²) in [6.07, 6.45) is 3.28. The molecule has 0 aliphatic heterocycles. The van der Waals surface area contributed by atoms with Crippen LogP contribution in [0.4, 0.5) is 0 Å². The van der Waals surface area contributed by atoms with Crippen LogP contribution in [0.5, 0.6) is 0 Å². The highest BCUT2D eigenvalue weighted by Gasteiger charge is 2.30. The monoisotopic (exact) mass is 229 g/mol. The van der Waals surface area contributed by atoms with Crippen molar-refractivity contribution >= 4 is 5.91 Å². The molecule has 1 atom stereocenters. The maximum absolute atomic E-state index is 11.5. The van der Waals surface area contributed by atoms with Gasteiger partial charge in [0, 0.05) is 19.6 Å². The van der Waals surface area contributed by atoms with Gasteiger partial charge in [-0.1, -0.05) is 0 Å². The second-order valence-corrected chi connectivity index (χ2v) is 4.61. The van der Waals surface area contributed by atoms with E-state index in [0.717, 1.165) is 19.4 Å². The van der Waals surface area contributed by atoms with Crippen LogP contribution in [0.25, 0.3) is 0 Å². The molecule has 0 spiro atoms. The summed E-state index contributed by atoms with van der Waals surface area (Å²) in [6, 6.07) is 0. The van der Waals surface area contributed by atoms with E-state index in [9.17, 15) is 4.79 Å². The van der Waals surface area contributed by atoms with Gasteiger partial charge >= 0.3 is 0 Å². The lowest BCUT2D eigenvalue weighted by Crippen LogP contribution is -2.36. The molecule has 0 bridgehead atoms. The van der Waals surface area contributed by atoms with Crippen LogP contribution in [0.1, 0.15) is 39.5 Å². The van der Waals surface area contributed by atoms with Crippen LogP contribution >= 0.6 is 0 Å². The summed E-state index contributed by atoms with van der Waals surface area (Å²) >= 11 is 0. The van der Waals surface area contributed by atoms with E-state index < -0.39 is 0 Å². The molecule has 1 aliphatic rings. The van der Waals surface area contributed by atoms with Crippen molar-refractivity contribution in [1.82, 2.24) is 5.32 Å². The molecule has 1 unspecified atom stereocenters. The lowest BCUT2D eigenvalue weighted by molar-refractivity contribution is -0.124. The molecule has 4 nitrogen and oxygen atoms in total. The van der Waals surface area contributed by atoms with Crippen LogP contribution in [-0.2, 0) is 9.53 Å². The van der Waals surface area contributed by atoms with Crippen molar-refractivity contribution < 1.29 is 14.6 Å². The third kappa shape index (κ3) is 4.94. The van der Waals surface area contributed by atoms with Gasteiger partial charge in [-0.25, -0.2) is 0 Å². The summed E-state index contributed by atoms with van der Waals surface area (Å²) in [7, 11) is 0. The zero-order chi connectivity index (χ0) is 12.0. The van der Waals surface area contributed by atoms with Crippen molar-refractivity contribution in [3.8, 4) is 0 Å². The van der Waals surface area contributed by atoms with Crippen LogP contribution in [0.3, 0.4) is 0 Å². The molecule has 1 rings (SSSR count). The van der Waals surface area contributed by atoms with Gasteiger partial charge in [-0.3, -0.25) is 4.79 Å². The number of carbonyl (C=O) groups is 1. The number of carbonyl (C=O) groups excluding carboxylic acids is 1. The van der Waals surface area contributed by atoms with Gasteiger partial charge in [-0.05, 0) is 39.0 Å². The Kier molecular flexibility index (Phi) is 5.77. The molecule has 0 radical (unpaired) electrons. The Labute approximate surface area is 97.4 Å². The van der Waals surface area contributed by atoms with E-state index in [4.69, 9.17) is 9.84 Å². The smallest absolute Gasteiger partial charge is 0.220 e. The molecular weight excluding hydrogens is 206 g/mol. The van der Waals surface area contributed by atoms with E-state index in [2.05, 4.69) is 5.32 Å². The minimum absolute atomic E-state index is 0.0978. The van der Waals surface area contributed by atoms with Crippen molar-refractivity contribution in [3.05, 3.63) is 0 Å². The molecule has 2 N–H and O–H groups in total. The number of aliphatic hydroxyl groups is 1. The standard InChI is InChI=1S/C12H23NO3/c1-3-16-11-6-10(7-11)8-12(15)13-5-4-9(2)14/h9-11,14H,3-8H2,1-2H3,(H,13,15). The zero-order valence-corrected chi connectivity index (χ0v) is 10.2. The number of nitrogens with one attached hydrogen (secondary N) is 1. The minimum Gasteiger partial charge on any atom is -0.393 e.